The molecule has 0 aliphatic rings. The highest BCUT2D eigenvalue weighted by molar-refractivity contribution is 5.93. The van der Waals surface area contributed by atoms with Gasteiger partial charge in [-0.25, -0.2) is 4.79 Å². The average molecular weight is 287 g/mol. The van der Waals surface area contributed by atoms with Crippen molar-refractivity contribution in [3.8, 4) is 11.5 Å². The molecule has 5 nitrogen and oxygen atoms in total. The lowest BCUT2D eigenvalue weighted by Crippen LogP contribution is -2.05. The van der Waals surface area contributed by atoms with Crippen molar-refractivity contribution in [3.05, 3.63) is 53.6 Å². The second-order valence-corrected chi connectivity index (χ2v) is 4.50. The molecule has 5 heteroatoms. The number of methoxy groups -OCH3 is 1. The quantitative estimate of drug-likeness (QED) is 0.798. The Labute approximate surface area is 122 Å². The molecule has 0 spiro atoms. The van der Waals surface area contributed by atoms with Gasteiger partial charge < -0.3 is 20.3 Å². The minimum atomic E-state index is -1.04. The van der Waals surface area contributed by atoms with E-state index in [0.717, 1.165) is 17.7 Å². The first-order chi connectivity index (χ1) is 10.1. The highest BCUT2D eigenvalue weighted by Crippen LogP contribution is 2.20. The zero-order valence-corrected chi connectivity index (χ0v) is 11.7. The molecule has 2 aromatic carbocycles. The Kier molecular flexibility index (Phi) is 4.66. The number of carboxylic acids is 1. The van der Waals surface area contributed by atoms with Crippen LogP contribution in [0.4, 0.5) is 5.69 Å². The van der Waals surface area contributed by atoms with Crippen molar-refractivity contribution in [2.24, 2.45) is 0 Å². The molecule has 0 fully saturated rings. The first kappa shape index (κ1) is 14.7. The van der Waals surface area contributed by atoms with Gasteiger partial charge in [0.1, 0.15) is 11.5 Å². The lowest BCUT2D eigenvalue weighted by molar-refractivity contribution is 0.0698. The van der Waals surface area contributed by atoms with Crippen LogP contribution in [0, 0.1) is 0 Å². The molecule has 3 N–H and O–H groups in total. The van der Waals surface area contributed by atoms with Crippen LogP contribution >= 0.6 is 0 Å². The molecule has 0 aromatic heterocycles. The van der Waals surface area contributed by atoms with Crippen LogP contribution in [0.1, 0.15) is 15.9 Å². The van der Waals surface area contributed by atoms with Gasteiger partial charge in [-0.15, -0.1) is 0 Å². The number of benzene rings is 2. The first-order valence-corrected chi connectivity index (χ1v) is 6.48. The van der Waals surface area contributed by atoms with Gasteiger partial charge in [-0.1, -0.05) is 12.1 Å². The fourth-order valence-electron chi connectivity index (χ4n) is 1.90. The predicted octanol–water partition coefficient (Wildman–Crippen LogP) is 2.60. The van der Waals surface area contributed by atoms with E-state index < -0.39 is 5.97 Å². The van der Waals surface area contributed by atoms with Crippen molar-refractivity contribution in [1.82, 2.24) is 0 Å². The minimum Gasteiger partial charge on any atom is -0.497 e. The summed E-state index contributed by atoms with van der Waals surface area (Å²) in [5, 5.41) is 8.89. The summed E-state index contributed by atoms with van der Waals surface area (Å²) < 4.78 is 10.7. The van der Waals surface area contributed by atoms with E-state index in [1.54, 1.807) is 13.2 Å². The Hall–Kier alpha value is -2.69. The number of hydrogen-bond donors (Lipinski definition) is 2. The number of carboxylic acid groups (broad SMARTS) is 1. The van der Waals surface area contributed by atoms with Crippen molar-refractivity contribution >= 4 is 11.7 Å². The maximum absolute atomic E-state index is 10.9. The summed E-state index contributed by atoms with van der Waals surface area (Å²) in [4.78, 5) is 10.9. The van der Waals surface area contributed by atoms with Crippen molar-refractivity contribution in [2.45, 2.75) is 6.42 Å². The standard InChI is InChI=1S/C16H17NO4/c1-20-12-4-2-11(3-5-12)8-9-21-13-6-7-14(16(18)19)15(17)10-13/h2-7,10H,8-9,17H2,1H3,(H,18,19). The van der Waals surface area contributed by atoms with Gasteiger partial charge in [-0.2, -0.15) is 0 Å². The summed E-state index contributed by atoms with van der Waals surface area (Å²) in [7, 11) is 1.63. The molecular weight excluding hydrogens is 270 g/mol. The third kappa shape index (κ3) is 3.89. The van der Waals surface area contributed by atoms with Gasteiger partial charge in [0.25, 0.3) is 0 Å². The Morgan fingerprint density at radius 1 is 1.14 bits per heavy atom. The molecule has 0 unspecified atom stereocenters. The maximum Gasteiger partial charge on any atom is 0.337 e. The lowest BCUT2D eigenvalue weighted by atomic mass is 10.1. The van der Waals surface area contributed by atoms with Gasteiger partial charge in [0.05, 0.1) is 19.3 Å². The molecule has 0 saturated heterocycles. The number of hydrogen-bond acceptors (Lipinski definition) is 4. The number of rotatable bonds is 6. The number of anilines is 1. The molecule has 0 heterocycles. The van der Waals surface area contributed by atoms with Crippen molar-refractivity contribution in [2.75, 3.05) is 19.5 Å². The molecule has 0 aliphatic heterocycles. The second-order valence-electron chi connectivity index (χ2n) is 4.50. The minimum absolute atomic E-state index is 0.0810. The van der Waals surface area contributed by atoms with Crippen molar-refractivity contribution < 1.29 is 19.4 Å². The molecule has 2 aromatic rings. The number of carbonyl (C=O) groups is 1. The number of aromatic carboxylic acids is 1. The van der Waals surface area contributed by atoms with Gasteiger partial charge in [0.2, 0.25) is 0 Å². The lowest BCUT2D eigenvalue weighted by Gasteiger charge is -2.08. The van der Waals surface area contributed by atoms with Crippen LogP contribution in [-0.2, 0) is 6.42 Å². The van der Waals surface area contributed by atoms with Gasteiger partial charge in [-0.05, 0) is 29.8 Å². The van der Waals surface area contributed by atoms with Gasteiger partial charge in [0, 0.05) is 18.2 Å². The van der Waals surface area contributed by atoms with Crippen LogP contribution in [0.3, 0.4) is 0 Å². The Balaban J connectivity index is 1.91. The summed E-state index contributed by atoms with van der Waals surface area (Å²) >= 11 is 0. The molecule has 0 radical (unpaired) electrons. The first-order valence-electron chi connectivity index (χ1n) is 6.48. The molecule has 0 saturated carbocycles. The average Bonchev–Trinajstić information content (AvgIpc) is 2.47. The van der Waals surface area contributed by atoms with Crippen LogP contribution < -0.4 is 15.2 Å². The van der Waals surface area contributed by atoms with E-state index >= 15 is 0 Å². The molecule has 0 amide bonds. The van der Waals surface area contributed by atoms with Gasteiger partial charge >= 0.3 is 5.97 Å². The van der Waals surface area contributed by atoms with Crippen LogP contribution in [0.25, 0.3) is 0 Å². The molecule has 2 rings (SSSR count). The summed E-state index contributed by atoms with van der Waals surface area (Å²) in [6.07, 6.45) is 0.741. The highest BCUT2D eigenvalue weighted by atomic mass is 16.5. The van der Waals surface area contributed by atoms with E-state index in [0.29, 0.717) is 12.4 Å². The summed E-state index contributed by atoms with van der Waals surface area (Å²) in [5.74, 6) is 0.333. The number of nitrogen functional groups attached to an aromatic ring is 1. The zero-order valence-electron chi connectivity index (χ0n) is 11.7. The smallest absolute Gasteiger partial charge is 0.337 e. The Bertz CT molecular complexity index is 623. The van der Waals surface area contributed by atoms with Gasteiger partial charge in [0.15, 0.2) is 0 Å². The van der Waals surface area contributed by atoms with E-state index in [1.807, 2.05) is 24.3 Å². The van der Waals surface area contributed by atoms with E-state index in [1.165, 1.54) is 12.1 Å². The Morgan fingerprint density at radius 2 is 1.81 bits per heavy atom. The van der Waals surface area contributed by atoms with E-state index in [2.05, 4.69) is 0 Å². The van der Waals surface area contributed by atoms with Crippen molar-refractivity contribution in [3.63, 3.8) is 0 Å². The normalized spacial score (nSPS) is 10.1. The zero-order chi connectivity index (χ0) is 15.2. The molecule has 21 heavy (non-hydrogen) atoms. The highest BCUT2D eigenvalue weighted by Gasteiger charge is 2.08. The van der Waals surface area contributed by atoms with Crippen LogP contribution in [0.2, 0.25) is 0 Å². The third-order valence-corrected chi connectivity index (χ3v) is 3.07. The van der Waals surface area contributed by atoms with Crippen LogP contribution in [0.15, 0.2) is 42.5 Å². The largest absolute Gasteiger partial charge is 0.497 e. The molecule has 0 bridgehead atoms. The fourth-order valence-corrected chi connectivity index (χ4v) is 1.90. The van der Waals surface area contributed by atoms with Crippen molar-refractivity contribution in [1.29, 1.82) is 0 Å². The monoisotopic (exact) mass is 287 g/mol. The maximum atomic E-state index is 10.9. The molecule has 110 valence electrons. The summed E-state index contributed by atoms with van der Waals surface area (Å²) in [5.41, 5.74) is 7.07. The summed E-state index contributed by atoms with van der Waals surface area (Å²) in [6, 6.07) is 12.3. The second kappa shape index (κ2) is 6.65. The Morgan fingerprint density at radius 3 is 2.38 bits per heavy atom. The predicted molar refractivity (Wildman–Crippen MR) is 80.0 cm³/mol. The SMILES string of the molecule is COc1ccc(CCOc2ccc(C(=O)O)c(N)c2)cc1. The van der Waals surface area contributed by atoms with E-state index in [9.17, 15) is 4.79 Å². The van der Waals surface area contributed by atoms with Crippen LogP contribution in [0.5, 0.6) is 11.5 Å². The molecular formula is C16H17NO4. The van der Waals surface area contributed by atoms with E-state index in [-0.39, 0.29) is 11.3 Å². The molecule has 0 aliphatic carbocycles. The number of ether oxygens (including phenoxy) is 2. The molecule has 0 atom stereocenters. The summed E-state index contributed by atoms with van der Waals surface area (Å²) in [6.45, 7) is 0.484. The van der Waals surface area contributed by atoms with Crippen LogP contribution in [-0.4, -0.2) is 24.8 Å². The number of nitrogens with two attached hydrogens (primary N) is 1. The van der Waals surface area contributed by atoms with E-state index in [4.69, 9.17) is 20.3 Å². The third-order valence-electron chi connectivity index (χ3n) is 3.07. The van der Waals surface area contributed by atoms with Gasteiger partial charge in [-0.3, -0.25) is 0 Å². The fraction of sp³-hybridized carbons (Fsp3) is 0.188. The topological polar surface area (TPSA) is 81.8 Å².